The Balaban J connectivity index is 2.03. The molecule has 1 aliphatic rings. The Morgan fingerprint density at radius 1 is 1.16 bits per heavy atom. The van der Waals surface area contributed by atoms with Crippen LogP contribution in [0.15, 0.2) is 42.0 Å². The molecule has 0 saturated carbocycles. The molecule has 0 bridgehead atoms. The lowest BCUT2D eigenvalue weighted by Gasteiger charge is -2.28. The Morgan fingerprint density at radius 2 is 1.88 bits per heavy atom. The van der Waals surface area contributed by atoms with Crippen LogP contribution < -0.4 is 19.7 Å². The van der Waals surface area contributed by atoms with Gasteiger partial charge < -0.3 is 9.47 Å². The van der Waals surface area contributed by atoms with Gasteiger partial charge in [0.2, 0.25) is 0 Å². The van der Waals surface area contributed by atoms with Gasteiger partial charge in [-0.3, -0.25) is 14.9 Å². The summed E-state index contributed by atoms with van der Waals surface area (Å²) in [6.07, 6.45) is 2.70. The quantitative estimate of drug-likeness (QED) is 0.480. The van der Waals surface area contributed by atoms with E-state index in [2.05, 4.69) is 5.32 Å². The third-order valence-electron chi connectivity index (χ3n) is 5.17. The molecule has 0 spiro atoms. The van der Waals surface area contributed by atoms with Crippen LogP contribution in [0, 0.1) is 0 Å². The molecule has 8 heteroatoms. The summed E-state index contributed by atoms with van der Waals surface area (Å²) in [6, 6.07) is 9.48. The zero-order valence-corrected chi connectivity index (χ0v) is 19.2. The van der Waals surface area contributed by atoms with Crippen molar-refractivity contribution in [3.05, 3.63) is 58.1 Å². The number of benzene rings is 2. The molecule has 1 aliphatic heterocycles. The van der Waals surface area contributed by atoms with Gasteiger partial charge in [0, 0.05) is 0 Å². The molecule has 0 aromatic heterocycles. The molecule has 2 aromatic rings. The van der Waals surface area contributed by atoms with E-state index in [1.54, 1.807) is 24.3 Å². The molecule has 0 radical (unpaired) electrons. The number of barbiturate groups is 1. The summed E-state index contributed by atoms with van der Waals surface area (Å²) in [5.41, 5.74) is 1.51. The number of carbonyl (C=O) groups excluding carboxylic acids is 3. The number of hydrogen-bond acceptors (Lipinski definition) is 5. The fourth-order valence-corrected chi connectivity index (χ4v) is 3.56. The number of para-hydroxylation sites is 1. The summed E-state index contributed by atoms with van der Waals surface area (Å²) in [5, 5.41) is 2.52. The first-order valence-corrected chi connectivity index (χ1v) is 10.7. The van der Waals surface area contributed by atoms with E-state index in [0.29, 0.717) is 29.2 Å². The second kappa shape index (κ2) is 9.87. The van der Waals surface area contributed by atoms with E-state index in [1.807, 2.05) is 32.9 Å². The van der Waals surface area contributed by atoms with E-state index in [1.165, 1.54) is 13.2 Å². The number of nitrogens with zero attached hydrogens (tertiary/aromatic N) is 1. The van der Waals surface area contributed by atoms with Crippen LogP contribution in [0.25, 0.3) is 6.08 Å². The maximum Gasteiger partial charge on any atom is 0.335 e. The van der Waals surface area contributed by atoms with E-state index in [0.717, 1.165) is 16.9 Å². The van der Waals surface area contributed by atoms with Crippen molar-refractivity contribution in [3.63, 3.8) is 0 Å². The summed E-state index contributed by atoms with van der Waals surface area (Å²) >= 11 is 6.41. The third-order valence-corrected chi connectivity index (χ3v) is 5.45. The first kappa shape index (κ1) is 23.3. The van der Waals surface area contributed by atoms with Crippen molar-refractivity contribution < 1.29 is 23.9 Å². The molecule has 4 amide bonds. The number of halogens is 1. The molecule has 1 N–H and O–H groups in total. The SMILES string of the molecule is CCc1ccccc1N1C(=O)NC(=O)C(=Cc2cc(Cl)c(OC(C)CC)c(OC)c2)C1=O. The van der Waals surface area contributed by atoms with Crippen LogP contribution in [0.3, 0.4) is 0 Å². The monoisotopic (exact) mass is 456 g/mol. The molecule has 168 valence electrons. The van der Waals surface area contributed by atoms with Crippen LogP contribution in [0.4, 0.5) is 10.5 Å². The summed E-state index contributed by atoms with van der Waals surface area (Å²) in [6.45, 7) is 5.82. The van der Waals surface area contributed by atoms with Gasteiger partial charge in [-0.1, -0.05) is 43.6 Å². The molecular weight excluding hydrogens is 432 g/mol. The highest BCUT2D eigenvalue weighted by molar-refractivity contribution is 6.39. The van der Waals surface area contributed by atoms with Crippen molar-refractivity contribution in [2.24, 2.45) is 0 Å². The molecule has 1 saturated heterocycles. The van der Waals surface area contributed by atoms with Gasteiger partial charge in [0.05, 0.1) is 23.9 Å². The molecular formula is C24H25ClN2O5. The summed E-state index contributed by atoms with van der Waals surface area (Å²) in [7, 11) is 1.48. The molecule has 32 heavy (non-hydrogen) atoms. The van der Waals surface area contributed by atoms with E-state index in [9.17, 15) is 14.4 Å². The maximum absolute atomic E-state index is 13.2. The van der Waals surface area contributed by atoms with Crippen LogP contribution in [0.2, 0.25) is 5.02 Å². The summed E-state index contributed by atoms with van der Waals surface area (Å²) in [4.78, 5) is 39.2. The summed E-state index contributed by atoms with van der Waals surface area (Å²) in [5.74, 6) is -0.730. The standard InChI is InChI=1S/C24H25ClN2O5/c1-5-14(3)32-21-18(25)12-15(13-20(21)31-4)11-17-22(28)26-24(30)27(23(17)29)19-10-8-7-9-16(19)6-2/h7-14H,5-6H2,1-4H3,(H,26,28,30). The number of anilines is 1. The second-order valence-electron chi connectivity index (χ2n) is 7.31. The number of amides is 4. The lowest BCUT2D eigenvalue weighted by Crippen LogP contribution is -2.54. The van der Waals surface area contributed by atoms with Crippen LogP contribution in [0.5, 0.6) is 11.5 Å². The van der Waals surface area contributed by atoms with E-state index >= 15 is 0 Å². The fraction of sp³-hybridized carbons (Fsp3) is 0.292. The minimum atomic E-state index is -0.786. The number of carbonyl (C=O) groups is 3. The number of ether oxygens (including phenoxy) is 2. The lowest BCUT2D eigenvalue weighted by atomic mass is 10.0. The van der Waals surface area contributed by atoms with E-state index in [4.69, 9.17) is 21.1 Å². The molecule has 1 fully saturated rings. The lowest BCUT2D eigenvalue weighted by molar-refractivity contribution is -0.122. The largest absolute Gasteiger partial charge is 0.493 e. The van der Waals surface area contributed by atoms with Gasteiger partial charge in [-0.25, -0.2) is 9.69 Å². The number of nitrogens with one attached hydrogen (secondary N) is 1. The molecule has 2 aromatic carbocycles. The van der Waals surface area contributed by atoms with Gasteiger partial charge in [-0.2, -0.15) is 0 Å². The average Bonchev–Trinajstić information content (AvgIpc) is 2.78. The number of imide groups is 2. The van der Waals surface area contributed by atoms with Crippen molar-refractivity contribution in [1.29, 1.82) is 0 Å². The second-order valence-corrected chi connectivity index (χ2v) is 7.72. The van der Waals surface area contributed by atoms with E-state index < -0.39 is 17.8 Å². The predicted octanol–water partition coefficient (Wildman–Crippen LogP) is 4.75. The molecule has 7 nitrogen and oxygen atoms in total. The average molecular weight is 457 g/mol. The van der Waals surface area contributed by atoms with Gasteiger partial charge >= 0.3 is 6.03 Å². The minimum Gasteiger partial charge on any atom is -0.493 e. The Hall–Kier alpha value is -3.32. The summed E-state index contributed by atoms with van der Waals surface area (Å²) < 4.78 is 11.2. The smallest absolute Gasteiger partial charge is 0.335 e. The minimum absolute atomic E-state index is 0.0745. The first-order valence-electron chi connectivity index (χ1n) is 10.3. The Morgan fingerprint density at radius 3 is 2.53 bits per heavy atom. The van der Waals surface area contributed by atoms with Gasteiger partial charge in [-0.05, 0) is 55.2 Å². The number of methoxy groups -OCH3 is 1. The Bertz CT molecular complexity index is 1100. The number of urea groups is 1. The Labute approximate surface area is 191 Å². The molecule has 3 rings (SSSR count). The highest BCUT2D eigenvalue weighted by Crippen LogP contribution is 2.38. The van der Waals surface area contributed by atoms with Gasteiger partial charge in [-0.15, -0.1) is 0 Å². The highest BCUT2D eigenvalue weighted by Gasteiger charge is 2.37. The number of aryl methyl sites for hydroxylation is 1. The molecule has 1 atom stereocenters. The van der Waals surface area contributed by atoms with Crippen LogP contribution in [-0.2, 0) is 16.0 Å². The van der Waals surface area contributed by atoms with Crippen LogP contribution in [0.1, 0.15) is 38.3 Å². The topological polar surface area (TPSA) is 84.9 Å². The normalized spacial score (nSPS) is 16.2. The highest BCUT2D eigenvalue weighted by atomic mass is 35.5. The molecule has 1 heterocycles. The molecule has 1 unspecified atom stereocenters. The molecule has 0 aliphatic carbocycles. The van der Waals surface area contributed by atoms with Crippen molar-refractivity contribution in [3.8, 4) is 11.5 Å². The van der Waals surface area contributed by atoms with Gasteiger partial charge in [0.1, 0.15) is 5.57 Å². The third kappa shape index (κ3) is 4.62. The number of rotatable bonds is 7. The Kier molecular flexibility index (Phi) is 7.20. The van der Waals surface area contributed by atoms with Crippen molar-refractivity contribution in [2.45, 2.75) is 39.7 Å². The van der Waals surface area contributed by atoms with Crippen molar-refractivity contribution in [1.82, 2.24) is 5.32 Å². The van der Waals surface area contributed by atoms with Gasteiger partial charge in [0.15, 0.2) is 11.5 Å². The van der Waals surface area contributed by atoms with Gasteiger partial charge in [0.25, 0.3) is 11.8 Å². The zero-order valence-electron chi connectivity index (χ0n) is 18.4. The number of hydrogen-bond donors (Lipinski definition) is 1. The first-order chi connectivity index (χ1) is 15.3. The van der Waals surface area contributed by atoms with Crippen molar-refractivity contribution in [2.75, 3.05) is 12.0 Å². The van der Waals surface area contributed by atoms with Crippen molar-refractivity contribution >= 4 is 41.2 Å². The maximum atomic E-state index is 13.2. The fourth-order valence-electron chi connectivity index (χ4n) is 3.29. The van der Waals surface area contributed by atoms with Crippen LogP contribution in [-0.4, -0.2) is 31.1 Å². The van der Waals surface area contributed by atoms with E-state index in [-0.39, 0.29) is 16.7 Å². The zero-order chi connectivity index (χ0) is 23.4. The predicted molar refractivity (Wildman–Crippen MR) is 123 cm³/mol. The van der Waals surface area contributed by atoms with Crippen LogP contribution >= 0.6 is 11.6 Å².